The summed E-state index contributed by atoms with van der Waals surface area (Å²) in [5.41, 5.74) is 1.34. The van der Waals surface area contributed by atoms with Crippen LogP contribution in [0.2, 0.25) is 5.02 Å². The van der Waals surface area contributed by atoms with Crippen LogP contribution in [0.4, 0.5) is 11.5 Å². The van der Waals surface area contributed by atoms with E-state index in [0.29, 0.717) is 16.5 Å². The minimum atomic E-state index is -0.0743. The molecule has 1 amide bonds. The van der Waals surface area contributed by atoms with E-state index in [1.807, 2.05) is 16.6 Å². The Morgan fingerprint density at radius 2 is 1.97 bits per heavy atom. The highest BCUT2D eigenvalue weighted by Crippen LogP contribution is 2.30. The number of anilines is 2. The Hall–Kier alpha value is -2.87. The van der Waals surface area contributed by atoms with Crippen LogP contribution in [0.5, 0.6) is 5.75 Å². The summed E-state index contributed by atoms with van der Waals surface area (Å²) in [6.45, 7) is 5.65. The largest absolute Gasteiger partial charge is 0.495 e. The van der Waals surface area contributed by atoms with Crippen LogP contribution < -0.4 is 15.0 Å². The van der Waals surface area contributed by atoms with Crippen LogP contribution in [0.25, 0.3) is 5.65 Å². The first-order chi connectivity index (χ1) is 14.5. The maximum atomic E-state index is 12.8. The van der Waals surface area contributed by atoms with Crippen LogP contribution in [-0.4, -0.2) is 45.9 Å². The van der Waals surface area contributed by atoms with Gasteiger partial charge in [0.2, 0.25) is 5.91 Å². The highest BCUT2D eigenvalue weighted by atomic mass is 35.5. The van der Waals surface area contributed by atoms with Crippen LogP contribution in [0.3, 0.4) is 0 Å². The summed E-state index contributed by atoms with van der Waals surface area (Å²) in [4.78, 5) is 15.0. The number of benzene rings is 1. The first kappa shape index (κ1) is 20.4. The smallest absolute Gasteiger partial charge is 0.227 e. The lowest BCUT2D eigenvalue weighted by molar-refractivity contribution is -0.120. The van der Waals surface area contributed by atoms with Crippen molar-refractivity contribution in [1.82, 2.24) is 19.8 Å². The summed E-state index contributed by atoms with van der Waals surface area (Å²) in [6, 6.07) is 9.09. The molecule has 9 heteroatoms. The van der Waals surface area contributed by atoms with Crippen LogP contribution in [0.15, 0.2) is 30.3 Å². The fraction of sp³-hybridized carbons (Fsp3) is 0.429. The molecule has 8 nitrogen and oxygen atoms in total. The standard InChI is InChI=1S/C21H25ClN6O2/c1-13(2)20-25-24-18-6-7-19(26-28(18)20)27-10-8-14(9-11-27)21(29)23-16-12-15(22)4-5-17(16)30-3/h4-7,12-14H,8-11H2,1-3H3,(H,23,29). The molecule has 0 radical (unpaired) electrons. The first-order valence-electron chi connectivity index (χ1n) is 10.1. The molecular weight excluding hydrogens is 404 g/mol. The van der Waals surface area contributed by atoms with Crippen molar-refractivity contribution in [3.63, 3.8) is 0 Å². The highest BCUT2D eigenvalue weighted by Gasteiger charge is 2.27. The fourth-order valence-electron chi connectivity index (χ4n) is 3.71. The van der Waals surface area contributed by atoms with Gasteiger partial charge in [0.15, 0.2) is 11.5 Å². The van der Waals surface area contributed by atoms with E-state index in [4.69, 9.17) is 21.4 Å². The summed E-state index contributed by atoms with van der Waals surface area (Å²) in [5, 5.41) is 16.7. The second-order valence-corrected chi connectivity index (χ2v) is 8.21. The Balaban J connectivity index is 1.42. The van der Waals surface area contributed by atoms with Crippen LogP contribution in [0, 0.1) is 5.92 Å². The van der Waals surface area contributed by atoms with Gasteiger partial charge in [-0.05, 0) is 43.2 Å². The molecule has 1 aliphatic heterocycles. The monoisotopic (exact) mass is 428 g/mol. The number of methoxy groups -OCH3 is 1. The number of piperidine rings is 1. The maximum absolute atomic E-state index is 12.8. The van der Waals surface area contributed by atoms with E-state index in [2.05, 4.69) is 34.3 Å². The van der Waals surface area contributed by atoms with Crippen molar-refractivity contribution in [2.45, 2.75) is 32.6 Å². The zero-order chi connectivity index (χ0) is 21.3. The van der Waals surface area contributed by atoms with Gasteiger partial charge in [-0.3, -0.25) is 4.79 Å². The van der Waals surface area contributed by atoms with Gasteiger partial charge < -0.3 is 15.0 Å². The minimum Gasteiger partial charge on any atom is -0.495 e. The molecule has 1 aromatic carbocycles. The third kappa shape index (κ3) is 4.05. The van der Waals surface area contributed by atoms with E-state index >= 15 is 0 Å². The van der Waals surface area contributed by atoms with Crippen LogP contribution in [0.1, 0.15) is 38.4 Å². The average Bonchev–Trinajstić information content (AvgIpc) is 3.17. The Kier molecular flexibility index (Phi) is 5.76. The molecule has 0 bridgehead atoms. The zero-order valence-electron chi connectivity index (χ0n) is 17.3. The molecule has 3 heterocycles. The van der Waals surface area contributed by atoms with Crippen LogP contribution >= 0.6 is 11.6 Å². The van der Waals surface area contributed by atoms with Gasteiger partial charge in [0, 0.05) is 29.9 Å². The molecular formula is C21H25ClN6O2. The minimum absolute atomic E-state index is 0.0143. The molecule has 1 fully saturated rings. The number of hydrogen-bond donors (Lipinski definition) is 1. The zero-order valence-corrected chi connectivity index (χ0v) is 18.1. The van der Waals surface area contributed by atoms with Gasteiger partial charge in [0.25, 0.3) is 0 Å². The van der Waals surface area contributed by atoms with Crippen molar-refractivity contribution in [2.24, 2.45) is 5.92 Å². The molecule has 0 saturated carbocycles. The van der Waals surface area contributed by atoms with Gasteiger partial charge in [-0.15, -0.1) is 15.3 Å². The number of fused-ring (bicyclic) bond motifs is 1. The summed E-state index contributed by atoms with van der Waals surface area (Å²) in [6.07, 6.45) is 1.49. The van der Waals surface area contributed by atoms with E-state index in [-0.39, 0.29) is 17.7 Å². The lowest BCUT2D eigenvalue weighted by Gasteiger charge is -2.32. The predicted molar refractivity (Wildman–Crippen MR) is 116 cm³/mol. The molecule has 4 rings (SSSR count). The van der Waals surface area contributed by atoms with Crippen molar-refractivity contribution in [3.8, 4) is 5.75 Å². The predicted octanol–water partition coefficient (Wildman–Crippen LogP) is 3.76. The van der Waals surface area contributed by atoms with Gasteiger partial charge in [-0.2, -0.15) is 4.52 Å². The molecule has 3 aromatic rings. The number of amides is 1. The van der Waals surface area contributed by atoms with E-state index in [1.54, 1.807) is 25.3 Å². The van der Waals surface area contributed by atoms with Crippen molar-refractivity contribution in [1.29, 1.82) is 0 Å². The number of halogens is 1. The number of nitrogens with one attached hydrogen (secondary N) is 1. The van der Waals surface area contributed by atoms with E-state index in [1.165, 1.54) is 0 Å². The third-order valence-corrected chi connectivity index (χ3v) is 5.63. The Bertz CT molecular complexity index is 1060. The number of hydrogen-bond acceptors (Lipinski definition) is 6. The highest BCUT2D eigenvalue weighted by molar-refractivity contribution is 6.31. The quantitative estimate of drug-likeness (QED) is 0.666. The molecule has 1 aliphatic rings. The lowest BCUT2D eigenvalue weighted by atomic mass is 9.95. The number of nitrogens with zero attached hydrogens (tertiary/aromatic N) is 5. The summed E-state index contributed by atoms with van der Waals surface area (Å²) in [7, 11) is 1.57. The Labute approximate surface area is 180 Å². The van der Waals surface area contributed by atoms with Crippen molar-refractivity contribution in [3.05, 3.63) is 41.2 Å². The van der Waals surface area contributed by atoms with Gasteiger partial charge in [-0.25, -0.2) is 0 Å². The fourth-order valence-corrected chi connectivity index (χ4v) is 3.88. The second kappa shape index (κ2) is 8.47. The number of carbonyl (C=O) groups is 1. The van der Waals surface area contributed by atoms with Gasteiger partial charge in [0.05, 0.1) is 12.8 Å². The van der Waals surface area contributed by atoms with Crippen molar-refractivity contribution >= 4 is 34.7 Å². The van der Waals surface area contributed by atoms with Gasteiger partial charge in [-0.1, -0.05) is 25.4 Å². The average molecular weight is 429 g/mol. The normalized spacial score (nSPS) is 15.0. The molecule has 0 unspecified atom stereocenters. The van der Waals surface area contributed by atoms with E-state index in [0.717, 1.165) is 43.2 Å². The Morgan fingerprint density at radius 1 is 1.20 bits per heavy atom. The third-order valence-electron chi connectivity index (χ3n) is 5.40. The molecule has 158 valence electrons. The van der Waals surface area contributed by atoms with E-state index in [9.17, 15) is 4.79 Å². The van der Waals surface area contributed by atoms with Crippen LogP contribution in [-0.2, 0) is 4.79 Å². The molecule has 1 N–H and O–H groups in total. The first-order valence-corrected chi connectivity index (χ1v) is 10.5. The number of ether oxygens (including phenoxy) is 1. The van der Waals surface area contributed by atoms with Gasteiger partial charge >= 0.3 is 0 Å². The Morgan fingerprint density at radius 3 is 2.67 bits per heavy atom. The second-order valence-electron chi connectivity index (χ2n) is 7.77. The van der Waals surface area contributed by atoms with E-state index < -0.39 is 0 Å². The number of rotatable bonds is 5. The molecule has 1 saturated heterocycles. The number of aromatic nitrogens is 4. The summed E-state index contributed by atoms with van der Waals surface area (Å²) >= 11 is 6.06. The molecule has 0 atom stereocenters. The summed E-state index contributed by atoms with van der Waals surface area (Å²) in [5.74, 6) is 2.46. The summed E-state index contributed by atoms with van der Waals surface area (Å²) < 4.78 is 7.13. The SMILES string of the molecule is COc1ccc(Cl)cc1NC(=O)C1CCN(c2ccc3nnc(C(C)C)n3n2)CC1. The van der Waals surface area contributed by atoms with Gasteiger partial charge in [0.1, 0.15) is 11.6 Å². The molecule has 2 aromatic heterocycles. The lowest BCUT2D eigenvalue weighted by Crippen LogP contribution is -2.38. The maximum Gasteiger partial charge on any atom is 0.227 e. The number of carbonyl (C=O) groups excluding carboxylic acids is 1. The molecule has 0 aliphatic carbocycles. The molecule has 0 spiro atoms. The van der Waals surface area contributed by atoms with Crippen molar-refractivity contribution in [2.75, 3.05) is 30.4 Å². The topological polar surface area (TPSA) is 84.6 Å². The van der Waals surface area contributed by atoms with Crippen molar-refractivity contribution < 1.29 is 9.53 Å². The molecule has 30 heavy (non-hydrogen) atoms.